The molecule has 0 bridgehead atoms. The monoisotopic (exact) mass is 317 g/mol. The molecule has 1 amide bonds. The molecule has 0 fully saturated rings. The van der Waals surface area contributed by atoms with Gasteiger partial charge in [0.2, 0.25) is 0 Å². The van der Waals surface area contributed by atoms with E-state index in [-0.39, 0.29) is 11.9 Å². The molecule has 0 aliphatic carbocycles. The molecule has 9 heteroatoms. The molecule has 0 saturated carbocycles. The number of amides is 1. The maximum Gasteiger partial charge on any atom is 0.257 e. The number of hydrogen-bond donors (Lipinski definition) is 1. The minimum Gasteiger partial charge on any atom is -0.383 e. The molecule has 3 aromatic rings. The van der Waals surface area contributed by atoms with E-state index in [0.717, 1.165) is 5.65 Å². The lowest BCUT2D eigenvalue weighted by molar-refractivity contribution is 0.0938. The second-order valence-electron chi connectivity index (χ2n) is 5.31. The van der Waals surface area contributed by atoms with Crippen LogP contribution in [-0.4, -0.2) is 48.6 Å². The van der Waals surface area contributed by atoms with Gasteiger partial charge in [0.1, 0.15) is 17.5 Å². The van der Waals surface area contributed by atoms with Crippen LogP contribution in [-0.2, 0) is 18.3 Å². The zero-order chi connectivity index (χ0) is 16.4. The molecule has 3 heterocycles. The molecule has 0 radical (unpaired) electrons. The van der Waals surface area contributed by atoms with Gasteiger partial charge >= 0.3 is 0 Å². The molecular formula is C14H19N7O2. The molecule has 3 rings (SSSR count). The molecule has 9 nitrogen and oxygen atoms in total. The zero-order valence-electron chi connectivity index (χ0n) is 13.3. The Morgan fingerprint density at radius 1 is 1.43 bits per heavy atom. The minimum absolute atomic E-state index is 0.199. The highest BCUT2D eigenvalue weighted by molar-refractivity contribution is 5.99. The number of methoxy groups -OCH3 is 1. The predicted octanol–water partition coefficient (Wildman–Crippen LogP) is 0.402. The second kappa shape index (κ2) is 6.21. The zero-order valence-corrected chi connectivity index (χ0v) is 13.3. The van der Waals surface area contributed by atoms with Gasteiger partial charge in [-0.2, -0.15) is 5.10 Å². The highest BCUT2D eigenvalue weighted by Gasteiger charge is 2.20. The lowest BCUT2D eigenvalue weighted by Crippen LogP contribution is -2.29. The number of aryl methyl sites for hydroxylation is 1. The van der Waals surface area contributed by atoms with E-state index in [4.69, 9.17) is 4.74 Å². The molecule has 0 aromatic carbocycles. The van der Waals surface area contributed by atoms with E-state index in [1.807, 2.05) is 29.3 Å². The Morgan fingerprint density at radius 3 is 3.04 bits per heavy atom. The fourth-order valence-electron chi connectivity index (χ4n) is 2.51. The largest absolute Gasteiger partial charge is 0.383 e. The highest BCUT2D eigenvalue weighted by atomic mass is 16.5. The van der Waals surface area contributed by atoms with Crippen molar-refractivity contribution in [3.05, 3.63) is 36.3 Å². The third-order valence-corrected chi connectivity index (χ3v) is 3.70. The third kappa shape index (κ3) is 2.82. The average molecular weight is 317 g/mol. The van der Waals surface area contributed by atoms with E-state index >= 15 is 0 Å². The van der Waals surface area contributed by atoms with Crippen molar-refractivity contribution in [1.29, 1.82) is 0 Å². The van der Waals surface area contributed by atoms with Gasteiger partial charge in [-0.25, -0.2) is 4.52 Å². The van der Waals surface area contributed by atoms with Crippen LogP contribution in [0.15, 0.2) is 24.9 Å². The summed E-state index contributed by atoms with van der Waals surface area (Å²) in [5, 5.41) is 15.1. The lowest BCUT2D eigenvalue weighted by Gasteiger charge is -2.14. The number of carbonyl (C=O) groups is 1. The Kier molecular flexibility index (Phi) is 4.11. The van der Waals surface area contributed by atoms with Crippen molar-refractivity contribution < 1.29 is 9.53 Å². The number of nitrogens with one attached hydrogen (secondary N) is 1. The van der Waals surface area contributed by atoms with Crippen LogP contribution in [0.3, 0.4) is 0 Å². The van der Waals surface area contributed by atoms with E-state index in [0.29, 0.717) is 24.5 Å². The summed E-state index contributed by atoms with van der Waals surface area (Å²) in [5.41, 5.74) is 1.27. The number of nitrogens with zero attached hydrogens (tertiary/aromatic N) is 6. The number of fused-ring (bicyclic) bond motifs is 1. The number of rotatable bonds is 6. The van der Waals surface area contributed by atoms with Gasteiger partial charge in [0.25, 0.3) is 5.91 Å². The van der Waals surface area contributed by atoms with E-state index in [1.165, 1.54) is 0 Å². The Labute approximate surface area is 132 Å². The number of imidazole rings is 1. The fourth-order valence-corrected chi connectivity index (χ4v) is 2.51. The van der Waals surface area contributed by atoms with Gasteiger partial charge in [-0.1, -0.05) is 0 Å². The predicted molar refractivity (Wildman–Crippen MR) is 81.9 cm³/mol. The lowest BCUT2D eigenvalue weighted by atomic mass is 10.2. The van der Waals surface area contributed by atoms with Crippen molar-refractivity contribution in [2.24, 2.45) is 7.05 Å². The van der Waals surface area contributed by atoms with Crippen molar-refractivity contribution in [2.45, 2.75) is 19.5 Å². The number of hydrogen-bond acceptors (Lipinski definition) is 5. The number of carbonyl (C=O) groups excluding carboxylic acids is 1. The Balaban J connectivity index is 1.77. The van der Waals surface area contributed by atoms with Gasteiger partial charge in [0.05, 0.1) is 18.8 Å². The van der Waals surface area contributed by atoms with E-state index < -0.39 is 0 Å². The number of ether oxygens (including phenoxy) is 1. The first-order chi connectivity index (χ1) is 11.1. The molecule has 1 N–H and O–H groups in total. The summed E-state index contributed by atoms with van der Waals surface area (Å²) in [6, 6.07) is -0.280. The molecule has 23 heavy (non-hydrogen) atoms. The standard InChI is InChI=1S/C14H19N7O2/c1-10(12-18-15-9-20(12)6-7-23-3)17-13(22)11-8-16-21-5-4-19(2)14(11)21/h4-5,8-10H,6-7H2,1-3H3,(H,17,22)/t10-/m0/s1. The molecule has 0 unspecified atom stereocenters. The molecule has 122 valence electrons. The minimum atomic E-state index is -0.280. The topological polar surface area (TPSA) is 91.3 Å². The summed E-state index contributed by atoms with van der Waals surface area (Å²) in [6.07, 6.45) is 6.85. The first-order valence-corrected chi connectivity index (χ1v) is 7.28. The van der Waals surface area contributed by atoms with Crippen LogP contribution >= 0.6 is 0 Å². The van der Waals surface area contributed by atoms with Gasteiger partial charge in [-0.05, 0) is 6.92 Å². The molecule has 3 aromatic heterocycles. The first-order valence-electron chi connectivity index (χ1n) is 7.28. The van der Waals surface area contributed by atoms with Crippen molar-refractivity contribution in [3.63, 3.8) is 0 Å². The molecule has 0 spiro atoms. The Bertz CT molecular complexity index is 816. The van der Waals surface area contributed by atoms with Gasteiger partial charge in [0, 0.05) is 33.1 Å². The molecule has 0 aliphatic heterocycles. The van der Waals surface area contributed by atoms with Crippen molar-refractivity contribution in [1.82, 2.24) is 34.3 Å². The summed E-state index contributed by atoms with van der Waals surface area (Å²) < 4.78 is 10.5. The Hall–Kier alpha value is -2.68. The van der Waals surface area contributed by atoms with Crippen molar-refractivity contribution in [2.75, 3.05) is 13.7 Å². The highest BCUT2D eigenvalue weighted by Crippen LogP contribution is 2.14. The van der Waals surface area contributed by atoms with Crippen LogP contribution in [0.1, 0.15) is 29.1 Å². The summed E-state index contributed by atoms with van der Waals surface area (Å²) in [5.74, 6) is 0.487. The third-order valence-electron chi connectivity index (χ3n) is 3.70. The molecule has 0 saturated heterocycles. The summed E-state index contributed by atoms with van der Waals surface area (Å²) >= 11 is 0. The smallest absolute Gasteiger partial charge is 0.257 e. The normalized spacial score (nSPS) is 12.7. The van der Waals surface area contributed by atoms with Gasteiger partial charge in [0.15, 0.2) is 5.82 Å². The second-order valence-corrected chi connectivity index (χ2v) is 5.31. The van der Waals surface area contributed by atoms with Crippen LogP contribution in [0, 0.1) is 0 Å². The summed E-state index contributed by atoms with van der Waals surface area (Å²) in [7, 11) is 3.51. The van der Waals surface area contributed by atoms with Crippen molar-refractivity contribution >= 4 is 11.6 Å². The average Bonchev–Trinajstić information content (AvgIpc) is 3.22. The molecule has 1 atom stereocenters. The van der Waals surface area contributed by atoms with E-state index in [9.17, 15) is 4.79 Å². The fraction of sp³-hybridized carbons (Fsp3) is 0.429. The first kappa shape index (κ1) is 15.2. The SMILES string of the molecule is COCCn1cnnc1[C@H](C)NC(=O)c1cnn2ccn(C)c12. The summed E-state index contributed by atoms with van der Waals surface area (Å²) in [6.45, 7) is 3.06. The van der Waals surface area contributed by atoms with Crippen LogP contribution < -0.4 is 5.32 Å². The van der Waals surface area contributed by atoms with Crippen molar-refractivity contribution in [3.8, 4) is 0 Å². The summed E-state index contributed by atoms with van der Waals surface area (Å²) in [4.78, 5) is 12.5. The Morgan fingerprint density at radius 2 is 2.26 bits per heavy atom. The molecular weight excluding hydrogens is 298 g/mol. The molecule has 0 aliphatic rings. The maximum atomic E-state index is 12.5. The van der Waals surface area contributed by atoms with Crippen LogP contribution in [0.5, 0.6) is 0 Å². The van der Waals surface area contributed by atoms with Crippen LogP contribution in [0.4, 0.5) is 0 Å². The van der Waals surface area contributed by atoms with Crippen LogP contribution in [0.25, 0.3) is 5.65 Å². The van der Waals surface area contributed by atoms with E-state index in [1.54, 1.807) is 30.3 Å². The van der Waals surface area contributed by atoms with Gasteiger partial charge in [-0.15, -0.1) is 10.2 Å². The maximum absolute atomic E-state index is 12.5. The van der Waals surface area contributed by atoms with Gasteiger partial charge in [-0.3, -0.25) is 4.79 Å². The van der Waals surface area contributed by atoms with Gasteiger partial charge < -0.3 is 19.2 Å². The van der Waals surface area contributed by atoms with Crippen LogP contribution in [0.2, 0.25) is 0 Å². The number of aromatic nitrogens is 6. The quantitative estimate of drug-likeness (QED) is 0.710. The van der Waals surface area contributed by atoms with E-state index in [2.05, 4.69) is 20.6 Å².